The summed E-state index contributed by atoms with van der Waals surface area (Å²) in [6, 6.07) is 5.36. The number of amides is 2. The molecule has 8 nitrogen and oxygen atoms in total. The van der Waals surface area contributed by atoms with Crippen molar-refractivity contribution in [1.29, 1.82) is 0 Å². The first-order valence-electron chi connectivity index (χ1n) is 9.51. The van der Waals surface area contributed by atoms with Crippen molar-refractivity contribution in [3.8, 4) is 5.69 Å². The molecule has 10 heteroatoms. The van der Waals surface area contributed by atoms with Crippen molar-refractivity contribution in [3.05, 3.63) is 41.3 Å². The van der Waals surface area contributed by atoms with Crippen molar-refractivity contribution >= 4 is 27.5 Å². The molecule has 2 aromatic rings. The summed E-state index contributed by atoms with van der Waals surface area (Å²) in [5, 5.41) is 9.54. The highest BCUT2D eigenvalue weighted by Gasteiger charge is 2.34. The van der Waals surface area contributed by atoms with Crippen molar-refractivity contribution in [2.45, 2.75) is 49.7 Å². The number of aromatic nitrogens is 2. The lowest BCUT2D eigenvalue weighted by Gasteiger charge is -2.22. The molecule has 0 unspecified atom stereocenters. The van der Waals surface area contributed by atoms with Crippen molar-refractivity contribution in [3.63, 3.8) is 0 Å². The minimum atomic E-state index is -3.36. The molecule has 1 aromatic heterocycles. The van der Waals surface area contributed by atoms with E-state index in [2.05, 4.69) is 15.7 Å². The van der Waals surface area contributed by atoms with Gasteiger partial charge in [0.15, 0.2) is 9.84 Å². The highest BCUT2D eigenvalue weighted by atomic mass is 32.2. The van der Waals surface area contributed by atoms with Crippen LogP contribution >= 0.6 is 0 Å². The number of rotatable bonds is 3. The van der Waals surface area contributed by atoms with E-state index in [4.69, 9.17) is 0 Å². The van der Waals surface area contributed by atoms with Crippen LogP contribution in [-0.2, 0) is 30.9 Å². The first-order chi connectivity index (χ1) is 13.8. The zero-order chi connectivity index (χ0) is 20.6. The summed E-state index contributed by atoms with van der Waals surface area (Å²) in [5.41, 5.74) is 1.12. The number of hydrogen-bond donors (Lipinski definition) is 2. The molecular weight excluding hydrogens is 399 g/mol. The van der Waals surface area contributed by atoms with Gasteiger partial charge in [-0.1, -0.05) is 19.3 Å². The molecule has 1 aromatic carbocycles. The second-order valence-electron chi connectivity index (χ2n) is 7.46. The van der Waals surface area contributed by atoms with Crippen molar-refractivity contribution < 1.29 is 22.4 Å². The number of hydrogen-bond acceptors (Lipinski definition) is 5. The van der Waals surface area contributed by atoms with E-state index in [1.165, 1.54) is 28.9 Å². The molecule has 2 amide bonds. The molecule has 29 heavy (non-hydrogen) atoms. The summed E-state index contributed by atoms with van der Waals surface area (Å²) < 4.78 is 38.6. The van der Waals surface area contributed by atoms with Gasteiger partial charge in [-0.2, -0.15) is 5.10 Å². The number of sulfone groups is 1. The summed E-state index contributed by atoms with van der Waals surface area (Å²) in [5.74, 6) is -2.48. The second kappa shape index (κ2) is 7.58. The van der Waals surface area contributed by atoms with Crippen LogP contribution in [0.1, 0.15) is 43.4 Å². The molecule has 0 radical (unpaired) electrons. The highest BCUT2D eigenvalue weighted by molar-refractivity contribution is 7.90. The van der Waals surface area contributed by atoms with E-state index in [1.54, 1.807) is 0 Å². The zero-order valence-electron chi connectivity index (χ0n) is 15.7. The molecule has 1 aliphatic carbocycles. The van der Waals surface area contributed by atoms with E-state index in [0.717, 1.165) is 32.1 Å². The quantitative estimate of drug-likeness (QED) is 0.736. The molecule has 2 N–H and O–H groups in total. The number of nitrogens with zero attached hydrogens (tertiary/aromatic N) is 2. The normalized spacial score (nSPS) is 18.2. The smallest absolute Gasteiger partial charge is 0.314 e. The number of carbonyl (C=O) groups excluding carboxylic acids is 2. The Hall–Kier alpha value is -2.75. The number of anilines is 1. The molecule has 2 heterocycles. The van der Waals surface area contributed by atoms with E-state index in [9.17, 15) is 22.4 Å². The average molecular weight is 420 g/mol. The molecule has 0 bridgehead atoms. The van der Waals surface area contributed by atoms with Gasteiger partial charge in [-0.05, 0) is 37.1 Å². The van der Waals surface area contributed by atoms with Gasteiger partial charge in [-0.3, -0.25) is 9.59 Å². The maximum absolute atomic E-state index is 13.3. The molecule has 154 valence electrons. The Morgan fingerprint density at radius 3 is 2.41 bits per heavy atom. The third-order valence-corrected chi connectivity index (χ3v) is 6.68. The Morgan fingerprint density at radius 2 is 1.72 bits per heavy atom. The van der Waals surface area contributed by atoms with Crippen molar-refractivity contribution in [2.24, 2.45) is 0 Å². The maximum Gasteiger partial charge on any atom is 0.314 e. The number of carbonyl (C=O) groups is 2. The summed E-state index contributed by atoms with van der Waals surface area (Å²) in [7, 11) is -3.36. The van der Waals surface area contributed by atoms with E-state index in [0.29, 0.717) is 16.9 Å². The third-order valence-electron chi connectivity index (χ3n) is 5.24. The van der Waals surface area contributed by atoms with Gasteiger partial charge in [0.2, 0.25) is 0 Å². The van der Waals surface area contributed by atoms with Crippen molar-refractivity contribution in [2.75, 3.05) is 5.32 Å². The average Bonchev–Trinajstić information content (AvgIpc) is 3.15. The lowest BCUT2D eigenvalue weighted by molar-refractivity contribution is -0.136. The Kier molecular flexibility index (Phi) is 5.12. The van der Waals surface area contributed by atoms with Crippen LogP contribution in [0.2, 0.25) is 0 Å². The number of fused-ring (bicyclic) bond motifs is 1. The lowest BCUT2D eigenvalue weighted by atomic mass is 9.95. The Bertz CT molecular complexity index is 1060. The predicted molar refractivity (Wildman–Crippen MR) is 103 cm³/mol. The first kappa shape index (κ1) is 19.6. The fraction of sp³-hybridized carbons (Fsp3) is 0.421. The second-order valence-corrected chi connectivity index (χ2v) is 9.52. The molecule has 1 aliphatic heterocycles. The summed E-state index contributed by atoms with van der Waals surface area (Å²) in [4.78, 5) is 24.8. The van der Waals surface area contributed by atoms with Crippen LogP contribution in [-0.4, -0.2) is 36.1 Å². The fourth-order valence-electron chi connectivity index (χ4n) is 3.80. The molecule has 1 fully saturated rings. The Morgan fingerprint density at radius 1 is 1.03 bits per heavy atom. The first-order valence-corrected chi connectivity index (χ1v) is 11.3. The summed E-state index contributed by atoms with van der Waals surface area (Å²) >= 11 is 0. The molecule has 1 saturated carbocycles. The van der Waals surface area contributed by atoms with Crippen LogP contribution < -0.4 is 10.6 Å². The SMILES string of the molecule is O=C(Nc1c2c(nn1-c1ccc(F)cc1)CS(=O)(=O)C2)C(=O)NC1CCCCC1. The van der Waals surface area contributed by atoms with Gasteiger partial charge in [0.25, 0.3) is 0 Å². The topological polar surface area (TPSA) is 110 Å². The van der Waals surface area contributed by atoms with Crippen LogP contribution in [0.5, 0.6) is 0 Å². The molecular formula is C19H21FN4O4S. The van der Waals surface area contributed by atoms with Crippen LogP contribution in [0.25, 0.3) is 5.69 Å². The lowest BCUT2D eigenvalue weighted by Crippen LogP contribution is -2.42. The van der Waals surface area contributed by atoms with Gasteiger partial charge >= 0.3 is 11.8 Å². The summed E-state index contributed by atoms with van der Waals surface area (Å²) in [6.45, 7) is 0. The monoisotopic (exact) mass is 420 g/mol. The van der Waals surface area contributed by atoms with E-state index in [-0.39, 0.29) is 23.4 Å². The Labute approximate surface area is 167 Å². The molecule has 0 atom stereocenters. The zero-order valence-corrected chi connectivity index (χ0v) is 16.5. The fourth-order valence-corrected chi connectivity index (χ4v) is 5.30. The number of nitrogens with one attached hydrogen (secondary N) is 2. The maximum atomic E-state index is 13.3. The van der Waals surface area contributed by atoms with E-state index < -0.39 is 27.5 Å². The van der Waals surface area contributed by atoms with Gasteiger partial charge in [0, 0.05) is 11.6 Å². The largest absolute Gasteiger partial charge is 0.345 e. The van der Waals surface area contributed by atoms with Crippen LogP contribution in [0, 0.1) is 5.82 Å². The predicted octanol–water partition coefficient (Wildman–Crippen LogP) is 1.83. The number of halogens is 1. The van der Waals surface area contributed by atoms with E-state index >= 15 is 0 Å². The molecule has 2 aliphatic rings. The van der Waals surface area contributed by atoms with Crippen molar-refractivity contribution in [1.82, 2.24) is 15.1 Å². The standard InChI is InChI=1S/C19H21FN4O4S/c20-12-6-8-14(9-7-12)24-17(15-10-29(27,28)11-16(15)23-24)22-19(26)18(25)21-13-4-2-1-3-5-13/h6-9,13H,1-5,10-11H2,(H,21,25)(H,22,26). The number of benzene rings is 1. The molecule has 0 spiro atoms. The minimum absolute atomic E-state index is 0.0323. The van der Waals surface area contributed by atoms with Gasteiger partial charge in [0.1, 0.15) is 11.6 Å². The third kappa shape index (κ3) is 4.16. The molecule has 0 saturated heterocycles. The van der Waals surface area contributed by atoms with E-state index in [1.807, 2.05) is 0 Å². The van der Waals surface area contributed by atoms with Gasteiger partial charge in [0.05, 0.1) is 22.9 Å². The minimum Gasteiger partial charge on any atom is -0.345 e. The van der Waals surface area contributed by atoms with Crippen LogP contribution in [0.4, 0.5) is 10.2 Å². The van der Waals surface area contributed by atoms with Gasteiger partial charge in [-0.25, -0.2) is 17.5 Å². The van der Waals surface area contributed by atoms with Crippen LogP contribution in [0.3, 0.4) is 0 Å². The van der Waals surface area contributed by atoms with Gasteiger partial charge < -0.3 is 10.6 Å². The van der Waals surface area contributed by atoms with Crippen LogP contribution in [0.15, 0.2) is 24.3 Å². The highest BCUT2D eigenvalue weighted by Crippen LogP contribution is 2.33. The Balaban J connectivity index is 1.60. The summed E-state index contributed by atoms with van der Waals surface area (Å²) in [6.07, 6.45) is 4.81. The van der Waals surface area contributed by atoms with Gasteiger partial charge in [-0.15, -0.1) is 0 Å². The molecule has 4 rings (SSSR count).